The normalized spacial score (nSPS) is 19.1. The molecule has 0 fully saturated rings. The molecule has 0 amide bonds. The van der Waals surface area contributed by atoms with E-state index in [9.17, 15) is 18.3 Å². The Morgan fingerprint density at radius 2 is 1.73 bits per heavy atom. The van der Waals surface area contributed by atoms with Crippen LogP contribution >= 0.6 is 11.3 Å². The number of aryl methyl sites for hydroxylation is 1. The average molecular weight is 541 g/mol. The zero-order valence-corrected chi connectivity index (χ0v) is 22.6. The third-order valence-corrected chi connectivity index (χ3v) is 8.90. The molecule has 0 spiro atoms. The number of sulfonamides is 1. The molecule has 1 aliphatic heterocycles. The molecule has 1 aliphatic rings. The lowest BCUT2D eigenvalue weighted by atomic mass is 9.81. The third-order valence-electron chi connectivity index (χ3n) is 6.72. The summed E-state index contributed by atoms with van der Waals surface area (Å²) in [5.74, 6) is -1.21. The van der Waals surface area contributed by atoms with Crippen molar-refractivity contribution in [2.24, 2.45) is 5.14 Å². The zero-order valence-electron chi connectivity index (χ0n) is 21.0. The van der Waals surface area contributed by atoms with Crippen LogP contribution in [0.15, 0.2) is 77.0 Å². The molecule has 4 rings (SSSR count). The predicted octanol–water partition coefficient (Wildman–Crippen LogP) is 5.88. The van der Waals surface area contributed by atoms with Crippen LogP contribution in [0.3, 0.4) is 0 Å². The fourth-order valence-corrected chi connectivity index (χ4v) is 7.26. The van der Waals surface area contributed by atoms with Crippen molar-refractivity contribution in [1.82, 2.24) is 4.98 Å². The van der Waals surface area contributed by atoms with Crippen molar-refractivity contribution in [2.45, 2.75) is 68.9 Å². The molecule has 196 valence electrons. The van der Waals surface area contributed by atoms with Crippen LogP contribution in [0.2, 0.25) is 0 Å². The molecule has 0 saturated heterocycles. The molecule has 9 heteroatoms. The van der Waals surface area contributed by atoms with E-state index in [1.165, 1.54) is 0 Å². The number of benzene rings is 2. The fourth-order valence-electron chi connectivity index (χ4n) is 4.96. The lowest BCUT2D eigenvalue weighted by Crippen LogP contribution is -2.41. The number of cyclic esters (lactones) is 1. The molecule has 2 aromatic carbocycles. The highest BCUT2D eigenvalue weighted by Gasteiger charge is 2.44. The summed E-state index contributed by atoms with van der Waals surface area (Å²) in [6.45, 7) is 3.89. The number of esters is 1. The molecular formula is C28H32N2O5S2. The second-order valence-corrected chi connectivity index (χ2v) is 11.9. The summed E-state index contributed by atoms with van der Waals surface area (Å²) in [6, 6.07) is 19.0. The highest BCUT2D eigenvalue weighted by molar-refractivity contribution is 7.89. The summed E-state index contributed by atoms with van der Waals surface area (Å²) >= 11 is 1.16. The summed E-state index contributed by atoms with van der Waals surface area (Å²) in [4.78, 5) is 18.2. The van der Waals surface area contributed by atoms with Crippen LogP contribution in [0.25, 0.3) is 10.4 Å². The van der Waals surface area contributed by atoms with Crippen LogP contribution in [-0.2, 0) is 26.0 Å². The van der Waals surface area contributed by atoms with Crippen LogP contribution in [0.1, 0.15) is 62.4 Å². The number of nitrogens with zero attached hydrogens (tertiary/aromatic N) is 1. The molecule has 3 aromatic rings. The van der Waals surface area contributed by atoms with E-state index in [0.717, 1.165) is 29.7 Å². The Hall–Kier alpha value is -3.01. The average Bonchev–Trinajstić information content (AvgIpc) is 3.32. The van der Waals surface area contributed by atoms with Gasteiger partial charge in [-0.1, -0.05) is 80.9 Å². The van der Waals surface area contributed by atoms with Crippen LogP contribution in [0.4, 0.5) is 0 Å². The number of carbonyl (C=O) groups is 1. The number of hydrogen-bond acceptors (Lipinski definition) is 7. The lowest BCUT2D eigenvalue weighted by Gasteiger charge is -2.38. The molecule has 0 saturated carbocycles. The number of carbonyl (C=O) groups excluding carboxylic acids is 1. The van der Waals surface area contributed by atoms with E-state index in [1.54, 1.807) is 24.3 Å². The first-order valence-corrected chi connectivity index (χ1v) is 14.8. The van der Waals surface area contributed by atoms with Gasteiger partial charge in [0.2, 0.25) is 0 Å². The Balaban J connectivity index is 1.70. The van der Waals surface area contributed by atoms with Gasteiger partial charge in [-0.05, 0) is 36.8 Å². The maximum Gasteiger partial charge on any atom is 0.338 e. The van der Waals surface area contributed by atoms with Crippen molar-refractivity contribution < 1.29 is 23.1 Å². The van der Waals surface area contributed by atoms with Crippen LogP contribution in [0, 0.1) is 0 Å². The van der Waals surface area contributed by atoms with Crippen molar-refractivity contribution in [3.8, 4) is 10.4 Å². The minimum absolute atomic E-state index is 0.0155. The zero-order chi connectivity index (χ0) is 26.6. The number of primary sulfonamides is 1. The molecule has 3 N–H and O–H groups in total. The first-order chi connectivity index (χ1) is 17.7. The Morgan fingerprint density at radius 1 is 1.08 bits per heavy atom. The summed E-state index contributed by atoms with van der Waals surface area (Å²) in [5.41, 5.74) is 1.15. The number of ether oxygens (including phenoxy) is 1. The van der Waals surface area contributed by atoms with Crippen LogP contribution < -0.4 is 5.14 Å². The lowest BCUT2D eigenvalue weighted by molar-refractivity contribution is -0.161. The van der Waals surface area contributed by atoms with E-state index in [0.29, 0.717) is 34.7 Å². The molecule has 0 aliphatic carbocycles. The van der Waals surface area contributed by atoms with Crippen molar-refractivity contribution in [2.75, 3.05) is 0 Å². The van der Waals surface area contributed by atoms with Gasteiger partial charge in [0.25, 0.3) is 10.0 Å². The highest BCUT2D eigenvalue weighted by Crippen LogP contribution is 2.44. The largest absolute Gasteiger partial charge is 0.512 e. The van der Waals surface area contributed by atoms with Crippen LogP contribution in [0.5, 0.6) is 0 Å². The quantitative estimate of drug-likeness (QED) is 0.310. The standard InChI is InChI=1S/C28H32N2O5S2/c1-3-16-28(17-15-19-11-7-5-8-12-19)18-22(31)23(27(32)35-28)21(4-2)25-30-26(37(29,33)34)24(36-25)20-13-9-6-10-14-20/h5-14,21,31H,3-4,15-18H2,1-2H3,(H2,29,33,34). The molecule has 0 bridgehead atoms. The minimum Gasteiger partial charge on any atom is -0.512 e. The van der Waals surface area contributed by atoms with Crippen molar-refractivity contribution in [1.29, 1.82) is 0 Å². The predicted molar refractivity (Wildman–Crippen MR) is 145 cm³/mol. The van der Waals surface area contributed by atoms with Gasteiger partial charge in [-0.2, -0.15) is 0 Å². The van der Waals surface area contributed by atoms with Crippen molar-refractivity contribution in [3.05, 3.63) is 82.6 Å². The Labute approximate surface area is 222 Å². The van der Waals surface area contributed by atoms with E-state index >= 15 is 0 Å². The summed E-state index contributed by atoms with van der Waals surface area (Å²) in [5, 5.41) is 16.9. The molecule has 2 atom stereocenters. The minimum atomic E-state index is -4.12. The maximum atomic E-state index is 13.4. The van der Waals surface area contributed by atoms with E-state index in [2.05, 4.69) is 4.98 Å². The molecule has 37 heavy (non-hydrogen) atoms. The molecular weight excluding hydrogens is 508 g/mol. The number of aliphatic hydroxyl groups is 1. The SMILES string of the molecule is CCCC1(CCc2ccccc2)CC(O)=C(C(CC)c2nc(S(N)(=O)=O)c(-c3ccccc3)s2)C(=O)O1. The first kappa shape index (κ1) is 27.0. The number of aromatic nitrogens is 1. The summed E-state index contributed by atoms with van der Waals surface area (Å²) in [6.07, 6.45) is 3.38. The van der Waals surface area contributed by atoms with Gasteiger partial charge in [-0.25, -0.2) is 23.3 Å². The van der Waals surface area contributed by atoms with Gasteiger partial charge < -0.3 is 9.84 Å². The molecule has 2 unspecified atom stereocenters. The van der Waals surface area contributed by atoms with E-state index < -0.39 is 27.5 Å². The fraction of sp³-hybridized carbons (Fsp3) is 0.357. The van der Waals surface area contributed by atoms with E-state index in [-0.39, 0.29) is 22.8 Å². The van der Waals surface area contributed by atoms with Gasteiger partial charge in [-0.3, -0.25) is 0 Å². The van der Waals surface area contributed by atoms with Crippen LogP contribution in [-0.4, -0.2) is 30.1 Å². The number of hydrogen-bond donors (Lipinski definition) is 2. The van der Waals surface area contributed by atoms with Crippen molar-refractivity contribution in [3.63, 3.8) is 0 Å². The molecule has 1 aromatic heterocycles. The second-order valence-electron chi connectivity index (χ2n) is 9.40. The van der Waals surface area contributed by atoms with E-state index in [4.69, 9.17) is 9.88 Å². The van der Waals surface area contributed by atoms with Gasteiger partial charge in [0.05, 0.1) is 10.5 Å². The topological polar surface area (TPSA) is 120 Å². The van der Waals surface area contributed by atoms with Gasteiger partial charge >= 0.3 is 5.97 Å². The number of aliphatic hydroxyl groups excluding tert-OH is 1. The van der Waals surface area contributed by atoms with Gasteiger partial charge in [0.15, 0.2) is 5.03 Å². The maximum absolute atomic E-state index is 13.4. The van der Waals surface area contributed by atoms with Gasteiger partial charge in [0, 0.05) is 12.3 Å². The summed E-state index contributed by atoms with van der Waals surface area (Å²) < 4.78 is 30.8. The number of thiazole rings is 1. The smallest absolute Gasteiger partial charge is 0.338 e. The Kier molecular flexibility index (Phi) is 8.16. The molecule has 0 radical (unpaired) electrons. The second kappa shape index (κ2) is 11.2. The molecule has 2 heterocycles. The Bertz CT molecular complexity index is 1380. The van der Waals surface area contributed by atoms with E-state index in [1.807, 2.05) is 50.2 Å². The number of nitrogens with two attached hydrogens (primary N) is 1. The Morgan fingerprint density at radius 3 is 2.30 bits per heavy atom. The summed E-state index contributed by atoms with van der Waals surface area (Å²) in [7, 11) is -4.12. The highest BCUT2D eigenvalue weighted by atomic mass is 32.2. The van der Waals surface area contributed by atoms with Crippen molar-refractivity contribution >= 4 is 27.3 Å². The van der Waals surface area contributed by atoms with Gasteiger partial charge in [0.1, 0.15) is 16.4 Å². The monoisotopic (exact) mass is 540 g/mol. The van der Waals surface area contributed by atoms with Gasteiger partial charge in [-0.15, -0.1) is 11.3 Å². The third kappa shape index (κ3) is 5.95. The molecule has 7 nitrogen and oxygen atoms in total. The number of rotatable bonds is 10. The first-order valence-electron chi connectivity index (χ1n) is 12.5.